The van der Waals surface area contributed by atoms with Crippen LogP contribution in [0.1, 0.15) is 38.6 Å². The first-order chi connectivity index (χ1) is 8.60. The van der Waals surface area contributed by atoms with Gasteiger partial charge >= 0.3 is 5.97 Å². The van der Waals surface area contributed by atoms with Gasteiger partial charge in [0, 0.05) is 5.69 Å². The molecular formula is C13H22N2O3. The molecule has 0 aliphatic heterocycles. The van der Waals surface area contributed by atoms with Crippen LogP contribution in [0.3, 0.4) is 0 Å². The Bertz CT molecular complexity index is 388. The summed E-state index contributed by atoms with van der Waals surface area (Å²) in [5.74, 6) is -0.370. The van der Waals surface area contributed by atoms with E-state index >= 15 is 0 Å². The van der Waals surface area contributed by atoms with Crippen LogP contribution in [0.25, 0.3) is 0 Å². The zero-order valence-electron chi connectivity index (χ0n) is 11.3. The summed E-state index contributed by atoms with van der Waals surface area (Å²) >= 11 is 0. The molecule has 1 heterocycles. The van der Waals surface area contributed by atoms with E-state index in [-0.39, 0.29) is 12.4 Å². The minimum atomic E-state index is -0.751. The Balaban J connectivity index is 2.60. The fourth-order valence-corrected chi connectivity index (χ4v) is 1.81. The molecule has 0 amide bonds. The van der Waals surface area contributed by atoms with Crippen molar-refractivity contribution >= 4 is 5.97 Å². The number of aliphatic hydroxyl groups excluding tert-OH is 1. The SMILES string of the molecule is CCOC(=O)CC(O)Cn1nc(CC)cc1CC. The number of hydrogen-bond acceptors (Lipinski definition) is 4. The van der Waals surface area contributed by atoms with Crippen LogP contribution in [0.5, 0.6) is 0 Å². The van der Waals surface area contributed by atoms with Gasteiger partial charge in [0.05, 0.1) is 31.4 Å². The Morgan fingerprint density at radius 2 is 2.17 bits per heavy atom. The van der Waals surface area contributed by atoms with Crippen molar-refractivity contribution in [1.29, 1.82) is 0 Å². The lowest BCUT2D eigenvalue weighted by molar-refractivity contribution is -0.145. The fraction of sp³-hybridized carbons (Fsp3) is 0.692. The molecule has 1 aromatic rings. The quantitative estimate of drug-likeness (QED) is 0.745. The maximum Gasteiger partial charge on any atom is 0.308 e. The second-order valence-electron chi connectivity index (χ2n) is 4.18. The zero-order chi connectivity index (χ0) is 13.5. The van der Waals surface area contributed by atoms with Gasteiger partial charge in [-0.15, -0.1) is 0 Å². The standard InChI is InChI=1S/C13H22N2O3/c1-4-10-7-11(5-2)15(14-10)9-12(16)8-13(17)18-6-3/h7,12,16H,4-6,8-9H2,1-3H3. The van der Waals surface area contributed by atoms with Crippen LogP contribution < -0.4 is 0 Å². The van der Waals surface area contributed by atoms with E-state index in [1.165, 1.54) is 0 Å². The molecule has 1 rings (SSSR count). The van der Waals surface area contributed by atoms with Crippen molar-refractivity contribution in [2.45, 2.75) is 52.7 Å². The lowest BCUT2D eigenvalue weighted by Crippen LogP contribution is -2.23. The minimum Gasteiger partial charge on any atom is -0.466 e. The fourth-order valence-electron chi connectivity index (χ4n) is 1.81. The molecule has 5 heteroatoms. The molecule has 0 saturated heterocycles. The molecule has 0 fully saturated rings. The molecule has 1 aromatic heterocycles. The molecule has 1 unspecified atom stereocenters. The van der Waals surface area contributed by atoms with Crippen molar-refractivity contribution in [3.63, 3.8) is 0 Å². The van der Waals surface area contributed by atoms with Gasteiger partial charge in [-0.2, -0.15) is 5.10 Å². The normalized spacial score (nSPS) is 12.4. The molecule has 0 bridgehead atoms. The average molecular weight is 254 g/mol. The molecule has 1 atom stereocenters. The van der Waals surface area contributed by atoms with Crippen LogP contribution >= 0.6 is 0 Å². The van der Waals surface area contributed by atoms with Crippen molar-refractivity contribution in [3.8, 4) is 0 Å². The second kappa shape index (κ2) is 7.16. The lowest BCUT2D eigenvalue weighted by atomic mass is 10.2. The smallest absolute Gasteiger partial charge is 0.308 e. The molecule has 1 N–H and O–H groups in total. The number of aromatic nitrogens is 2. The van der Waals surface area contributed by atoms with E-state index < -0.39 is 6.10 Å². The molecule has 0 radical (unpaired) electrons. The Labute approximate surface area is 108 Å². The summed E-state index contributed by atoms with van der Waals surface area (Å²) in [5, 5.41) is 14.2. The van der Waals surface area contributed by atoms with Crippen LogP contribution in [0.15, 0.2) is 6.07 Å². The van der Waals surface area contributed by atoms with E-state index in [1.54, 1.807) is 11.6 Å². The summed E-state index contributed by atoms with van der Waals surface area (Å²) in [5.41, 5.74) is 2.09. The van der Waals surface area contributed by atoms with E-state index in [9.17, 15) is 9.90 Å². The van der Waals surface area contributed by atoms with Gasteiger partial charge in [-0.05, 0) is 25.8 Å². The predicted octanol–water partition coefficient (Wildman–Crippen LogP) is 1.32. The Kier molecular flexibility index (Phi) is 5.85. The van der Waals surface area contributed by atoms with Gasteiger partial charge in [0.25, 0.3) is 0 Å². The number of carbonyl (C=O) groups is 1. The van der Waals surface area contributed by atoms with Crippen molar-refractivity contribution in [1.82, 2.24) is 9.78 Å². The summed E-state index contributed by atoms with van der Waals surface area (Å²) in [6.45, 7) is 6.52. The number of hydrogen-bond donors (Lipinski definition) is 1. The third-order valence-electron chi connectivity index (χ3n) is 2.73. The predicted molar refractivity (Wildman–Crippen MR) is 68.2 cm³/mol. The molecule has 18 heavy (non-hydrogen) atoms. The molecular weight excluding hydrogens is 232 g/mol. The monoisotopic (exact) mass is 254 g/mol. The number of aliphatic hydroxyl groups is 1. The molecule has 0 saturated carbocycles. The Hall–Kier alpha value is -1.36. The van der Waals surface area contributed by atoms with Crippen molar-refractivity contribution in [2.75, 3.05) is 6.61 Å². The van der Waals surface area contributed by atoms with Gasteiger partial charge in [-0.25, -0.2) is 0 Å². The Morgan fingerprint density at radius 1 is 1.44 bits per heavy atom. The number of esters is 1. The molecule has 102 valence electrons. The molecule has 5 nitrogen and oxygen atoms in total. The van der Waals surface area contributed by atoms with Gasteiger partial charge in [0.15, 0.2) is 0 Å². The maximum atomic E-state index is 11.2. The highest BCUT2D eigenvalue weighted by molar-refractivity contribution is 5.69. The van der Waals surface area contributed by atoms with Crippen LogP contribution in [-0.4, -0.2) is 33.6 Å². The van der Waals surface area contributed by atoms with E-state index in [4.69, 9.17) is 4.74 Å². The highest BCUT2D eigenvalue weighted by atomic mass is 16.5. The summed E-state index contributed by atoms with van der Waals surface area (Å²) in [4.78, 5) is 11.2. The first-order valence-electron chi connectivity index (χ1n) is 6.49. The summed E-state index contributed by atoms with van der Waals surface area (Å²) in [6.07, 6.45) is 0.991. The van der Waals surface area contributed by atoms with E-state index in [0.717, 1.165) is 24.2 Å². The minimum absolute atomic E-state index is 0.0122. The largest absolute Gasteiger partial charge is 0.466 e. The van der Waals surface area contributed by atoms with Crippen LogP contribution in [0.2, 0.25) is 0 Å². The summed E-state index contributed by atoms with van der Waals surface area (Å²) in [6, 6.07) is 2.04. The number of carbonyl (C=O) groups excluding carboxylic acids is 1. The molecule has 0 spiro atoms. The number of rotatable bonds is 7. The van der Waals surface area contributed by atoms with Crippen molar-refractivity contribution < 1.29 is 14.6 Å². The number of nitrogens with zero attached hydrogens (tertiary/aromatic N) is 2. The van der Waals surface area contributed by atoms with Gasteiger partial charge in [0.2, 0.25) is 0 Å². The van der Waals surface area contributed by atoms with Crippen molar-refractivity contribution in [2.24, 2.45) is 0 Å². The van der Waals surface area contributed by atoms with Crippen LogP contribution in [0.4, 0.5) is 0 Å². The zero-order valence-corrected chi connectivity index (χ0v) is 11.3. The highest BCUT2D eigenvalue weighted by Crippen LogP contribution is 2.08. The topological polar surface area (TPSA) is 64.3 Å². The first-order valence-corrected chi connectivity index (χ1v) is 6.49. The van der Waals surface area contributed by atoms with Gasteiger partial charge in [0.1, 0.15) is 0 Å². The Morgan fingerprint density at radius 3 is 2.72 bits per heavy atom. The number of aryl methyl sites for hydroxylation is 2. The van der Waals surface area contributed by atoms with E-state index in [0.29, 0.717) is 13.2 Å². The van der Waals surface area contributed by atoms with E-state index in [1.807, 2.05) is 19.9 Å². The average Bonchev–Trinajstić information content (AvgIpc) is 2.71. The third-order valence-corrected chi connectivity index (χ3v) is 2.73. The van der Waals surface area contributed by atoms with Crippen LogP contribution in [-0.2, 0) is 28.9 Å². The maximum absolute atomic E-state index is 11.2. The first kappa shape index (κ1) is 14.7. The highest BCUT2D eigenvalue weighted by Gasteiger charge is 2.14. The lowest BCUT2D eigenvalue weighted by Gasteiger charge is -2.12. The van der Waals surface area contributed by atoms with E-state index in [2.05, 4.69) is 5.10 Å². The van der Waals surface area contributed by atoms with Crippen LogP contribution in [0, 0.1) is 0 Å². The van der Waals surface area contributed by atoms with Crippen molar-refractivity contribution in [3.05, 3.63) is 17.5 Å². The molecule has 0 aromatic carbocycles. The molecule has 0 aliphatic carbocycles. The third kappa shape index (κ3) is 4.14. The van der Waals surface area contributed by atoms with Gasteiger partial charge in [-0.3, -0.25) is 9.48 Å². The second-order valence-corrected chi connectivity index (χ2v) is 4.18. The summed E-state index contributed by atoms with van der Waals surface area (Å²) < 4.78 is 6.59. The van der Waals surface area contributed by atoms with Gasteiger partial charge in [-0.1, -0.05) is 13.8 Å². The summed E-state index contributed by atoms with van der Waals surface area (Å²) in [7, 11) is 0. The number of ether oxygens (including phenoxy) is 1. The van der Waals surface area contributed by atoms with Gasteiger partial charge < -0.3 is 9.84 Å². The molecule has 0 aliphatic rings.